The summed E-state index contributed by atoms with van der Waals surface area (Å²) in [5.74, 6) is 0.329. The Kier molecular flexibility index (Phi) is 2.77. The van der Waals surface area contributed by atoms with Crippen molar-refractivity contribution in [3.63, 3.8) is 0 Å². The van der Waals surface area contributed by atoms with Gasteiger partial charge < -0.3 is 0 Å². The van der Waals surface area contributed by atoms with Crippen LogP contribution >= 0.6 is 0 Å². The first kappa shape index (κ1) is 11.8. The van der Waals surface area contributed by atoms with Gasteiger partial charge in [0.2, 0.25) is 0 Å². The summed E-state index contributed by atoms with van der Waals surface area (Å²) in [7, 11) is 0. The molecule has 0 atom stereocenters. The fourth-order valence-corrected chi connectivity index (χ4v) is 3.78. The van der Waals surface area contributed by atoms with Crippen molar-refractivity contribution >= 4 is 30.1 Å². The molecule has 7 heteroatoms. The monoisotopic (exact) mass is 321 g/mol. The van der Waals surface area contributed by atoms with E-state index >= 15 is 0 Å². The summed E-state index contributed by atoms with van der Waals surface area (Å²) in [6.07, 6.45) is 1.35. The minimum atomic E-state index is -0.494. The molecule has 0 fully saturated rings. The molecule has 0 saturated carbocycles. The van der Waals surface area contributed by atoms with Crippen LogP contribution in [0.3, 0.4) is 0 Å². The van der Waals surface area contributed by atoms with Crippen LogP contribution in [-0.2, 0) is 0 Å². The van der Waals surface area contributed by atoms with Gasteiger partial charge in [-0.05, 0) is 0 Å². The summed E-state index contributed by atoms with van der Waals surface area (Å²) in [5.41, 5.74) is -0.215. The maximum atomic E-state index is 12.2. The van der Waals surface area contributed by atoms with Gasteiger partial charge in [-0.25, -0.2) is 0 Å². The molecule has 0 N–H and O–H groups in total. The fourth-order valence-electron chi connectivity index (χ4n) is 1.76. The molecule has 0 aliphatic carbocycles. The topological polar surface area (TPSA) is 78.0 Å². The second-order valence-electron chi connectivity index (χ2n) is 3.82. The third-order valence-corrected chi connectivity index (χ3v) is 4.92. The van der Waals surface area contributed by atoms with Gasteiger partial charge in [0.05, 0.1) is 0 Å². The number of rotatable bonds is 2. The summed E-state index contributed by atoms with van der Waals surface area (Å²) < 4.78 is 2.47. The van der Waals surface area contributed by atoms with Gasteiger partial charge in [-0.3, -0.25) is 0 Å². The Balaban J connectivity index is 2.25. The van der Waals surface area contributed by atoms with E-state index in [9.17, 15) is 14.9 Å². The van der Waals surface area contributed by atoms with Crippen molar-refractivity contribution in [1.82, 2.24) is 8.55 Å². The second-order valence-corrected chi connectivity index (χ2v) is 5.89. The van der Waals surface area contributed by atoms with Gasteiger partial charge in [0.15, 0.2) is 0 Å². The summed E-state index contributed by atoms with van der Waals surface area (Å²) >= 11 is -0.226. The van der Waals surface area contributed by atoms with Crippen molar-refractivity contribution < 1.29 is 4.92 Å². The molecule has 0 radical (unpaired) electrons. The van der Waals surface area contributed by atoms with Crippen LogP contribution in [0.25, 0.3) is 15.5 Å². The van der Waals surface area contributed by atoms with Crippen molar-refractivity contribution in [3.8, 4) is 5.82 Å². The van der Waals surface area contributed by atoms with Crippen molar-refractivity contribution in [1.29, 1.82) is 0 Å². The van der Waals surface area contributed by atoms with E-state index in [4.69, 9.17) is 0 Å². The van der Waals surface area contributed by atoms with Crippen LogP contribution in [-0.4, -0.2) is 28.2 Å². The second kappa shape index (κ2) is 4.46. The number of pyridine rings is 1. The Morgan fingerprint density at radius 2 is 2.05 bits per heavy atom. The average Bonchev–Trinajstić information content (AvgIpc) is 2.77. The molecule has 0 amide bonds. The van der Waals surface area contributed by atoms with Crippen molar-refractivity contribution in [2.45, 2.75) is 0 Å². The van der Waals surface area contributed by atoms with E-state index in [1.54, 1.807) is 12.1 Å². The molecule has 0 bridgehead atoms. The van der Waals surface area contributed by atoms with Crippen molar-refractivity contribution in [2.24, 2.45) is 0 Å². The molecule has 0 unspecified atom stereocenters. The molecule has 1 aromatic carbocycles. The summed E-state index contributed by atoms with van der Waals surface area (Å²) in [4.78, 5) is 26.5. The molecule has 6 nitrogen and oxygen atoms in total. The summed E-state index contributed by atoms with van der Waals surface area (Å²) in [6.45, 7) is 0. The van der Waals surface area contributed by atoms with Gasteiger partial charge in [-0.2, -0.15) is 0 Å². The van der Waals surface area contributed by atoms with Crippen LogP contribution in [0.2, 0.25) is 0 Å². The van der Waals surface area contributed by atoms with E-state index in [1.165, 1.54) is 21.9 Å². The summed E-state index contributed by atoms with van der Waals surface area (Å²) in [6, 6.07) is 9.96. The SMILES string of the molecule is O=c1c2ccccc2[se]n1-c1cc([N+](=O)[O-])ccn1. The Morgan fingerprint density at radius 3 is 2.79 bits per heavy atom. The Labute approximate surface area is 113 Å². The van der Waals surface area contributed by atoms with Crippen LogP contribution in [0.1, 0.15) is 0 Å². The first-order valence-corrected chi connectivity index (χ1v) is 7.01. The molecule has 2 heterocycles. The molecule has 0 spiro atoms. The predicted octanol–water partition coefficient (Wildman–Crippen LogP) is 1.35. The van der Waals surface area contributed by atoms with Crippen molar-refractivity contribution in [3.05, 3.63) is 63.1 Å². The molecular weight excluding hydrogens is 313 g/mol. The van der Waals surface area contributed by atoms with Crippen LogP contribution in [0, 0.1) is 10.1 Å². The number of nitro groups is 1. The quantitative estimate of drug-likeness (QED) is 0.406. The van der Waals surface area contributed by atoms with Gasteiger partial charge in [0, 0.05) is 0 Å². The molecule has 2 aromatic heterocycles. The molecule has 3 rings (SSSR count). The predicted molar refractivity (Wildman–Crippen MR) is 70.9 cm³/mol. The van der Waals surface area contributed by atoms with E-state index in [0.29, 0.717) is 11.2 Å². The van der Waals surface area contributed by atoms with Crippen LogP contribution in [0.15, 0.2) is 47.4 Å². The molecule has 0 saturated heterocycles. The van der Waals surface area contributed by atoms with Crippen LogP contribution < -0.4 is 5.56 Å². The van der Waals surface area contributed by atoms with E-state index < -0.39 is 4.92 Å². The van der Waals surface area contributed by atoms with Gasteiger partial charge >= 0.3 is 112 Å². The Bertz CT molecular complexity index is 837. The third-order valence-electron chi connectivity index (χ3n) is 2.64. The first-order chi connectivity index (χ1) is 9.16. The number of benzene rings is 1. The number of nitrogens with zero attached hydrogens (tertiary/aromatic N) is 3. The first-order valence-electron chi connectivity index (χ1n) is 5.39. The van der Waals surface area contributed by atoms with Gasteiger partial charge in [-0.15, -0.1) is 0 Å². The van der Waals surface area contributed by atoms with Gasteiger partial charge in [-0.1, -0.05) is 0 Å². The standard InChI is InChI=1S/C12H7N3O3Se/c16-12-9-3-1-2-4-10(9)19-14(12)11-7-8(15(17)18)5-6-13-11/h1-7H. The van der Waals surface area contributed by atoms with Crippen LogP contribution in [0.5, 0.6) is 0 Å². The number of aromatic nitrogens is 2. The third kappa shape index (κ3) is 1.99. The van der Waals surface area contributed by atoms with Gasteiger partial charge in [0.25, 0.3) is 0 Å². The molecule has 94 valence electrons. The molecular formula is C12H7N3O3Se. The molecule has 0 aliphatic rings. The normalized spacial score (nSPS) is 10.7. The Morgan fingerprint density at radius 1 is 1.26 bits per heavy atom. The summed E-state index contributed by atoms with van der Waals surface area (Å²) in [5, 5.41) is 11.4. The van der Waals surface area contributed by atoms with Gasteiger partial charge in [0.1, 0.15) is 0 Å². The molecule has 19 heavy (non-hydrogen) atoms. The molecule has 0 aliphatic heterocycles. The Hall–Kier alpha value is -2.24. The zero-order valence-corrected chi connectivity index (χ0v) is 11.2. The van der Waals surface area contributed by atoms with E-state index in [1.807, 2.05) is 12.1 Å². The fraction of sp³-hybridized carbons (Fsp3) is 0. The zero-order chi connectivity index (χ0) is 13.4. The number of hydrogen-bond acceptors (Lipinski definition) is 4. The number of hydrogen-bond donors (Lipinski definition) is 0. The maximum absolute atomic E-state index is 12.2. The molecule has 3 aromatic rings. The van der Waals surface area contributed by atoms with E-state index in [2.05, 4.69) is 4.98 Å². The van der Waals surface area contributed by atoms with E-state index in [-0.39, 0.29) is 26.0 Å². The van der Waals surface area contributed by atoms with Crippen molar-refractivity contribution in [2.75, 3.05) is 0 Å². The van der Waals surface area contributed by atoms with Crippen LogP contribution in [0.4, 0.5) is 5.69 Å². The van der Waals surface area contributed by atoms with E-state index in [0.717, 1.165) is 4.26 Å². The number of fused-ring (bicyclic) bond motifs is 1. The minimum absolute atomic E-state index is 0.0652. The zero-order valence-electron chi connectivity index (χ0n) is 9.52. The average molecular weight is 320 g/mol.